The zero-order chi connectivity index (χ0) is 19.3. The van der Waals surface area contributed by atoms with E-state index < -0.39 is 6.04 Å². The van der Waals surface area contributed by atoms with Gasteiger partial charge in [-0.05, 0) is 37.1 Å². The maximum atomic E-state index is 12.9. The molecule has 0 aliphatic heterocycles. The Morgan fingerprint density at radius 2 is 1.65 bits per heavy atom. The van der Waals surface area contributed by atoms with Gasteiger partial charge in [-0.25, -0.2) is 0 Å². The minimum absolute atomic E-state index is 0.129. The van der Waals surface area contributed by atoms with Crippen LogP contribution in [0.4, 0.5) is 0 Å². The monoisotopic (exact) mass is 392 g/mol. The van der Waals surface area contributed by atoms with Crippen molar-refractivity contribution >= 4 is 35.0 Å². The Bertz CT molecular complexity index is 791. The molecule has 0 aliphatic carbocycles. The SMILES string of the molecule is CNC(=O)[C@@H](C)N(Cc1ccc(Cl)c(Cl)c1)C(=O)Cc1ccc(C)cc1. The molecule has 0 saturated heterocycles. The average molecular weight is 393 g/mol. The number of hydrogen-bond donors (Lipinski definition) is 1. The number of carbonyl (C=O) groups is 2. The minimum Gasteiger partial charge on any atom is -0.357 e. The van der Waals surface area contributed by atoms with E-state index in [0.29, 0.717) is 10.0 Å². The molecule has 2 aromatic carbocycles. The summed E-state index contributed by atoms with van der Waals surface area (Å²) in [6.45, 7) is 3.98. The van der Waals surface area contributed by atoms with Crippen molar-refractivity contribution in [2.45, 2.75) is 32.9 Å². The van der Waals surface area contributed by atoms with Crippen LogP contribution in [-0.4, -0.2) is 29.8 Å². The van der Waals surface area contributed by atoms with Gasteiger partial charge in [0.2, 0.25) is 11.8 Å². The molecule has 2 rings (SSSR count). The van der Waals surface area contributed by atoms with Crippen LogP contribution in [0.3, 0.4) is 0 Å². The molecule has 0 unspecified atom stereocenters. The first-order chi connectivity index (χ1) is 12.3. The van der Waals surface area contributed by atoms with Crippen molar-refractivity contribution < 1.29 is 9.59 Å². The lowest BCUT2D eigenvalue weighted by Gasteiger charge is -2.28. The summed E-state index contributed by atoms with van der Waals surface area (Å²) in [7, 11) is 1.56. The Hall–Kier alpha value is -2.04. The lowest BCUT2D eigenvalue weighted by atomic mass is 10.1. The van der Waals surface area contributed by atoms with Gasteiger partial charge in [0.15, 0.2) is 0 Å². The van der Waals surface area contributed by atoms with Crippen LogP contribution in [0.15, 0.2) is 42.5 Å². The van der Waals surface area contributed by atoms with Crippen molar-refractivity contribution in [2.75, 3.05) is 7.05 Å². The number of rotatable bonds is 6. The summed E-state index contributed by atoms with van der Waals surface area (Å²) in [6, 6.07) is 12.4. The molecule has 1 atom stereocenters. The van der Waals surface area contributed by atoms with Crippen LogP contribution in [0.1, 0.15) is 23.6 Å². The fourth-order valence-corrected chi connectivity index (χ4v) is 2.93. The first kappa shape index (κ1) is 20.3. The van der Waals surface area contributed by atoms with Crippen molar-refractivity contribution in [1.29, 1.82) is 0 Å². The van der Waals surface area contributed by atoms with Crippen molar-refractivity contribution in [2.24, 2.45) is 0 Å². The molecule has 2 amide bonds. The van der Waals surface area contributed by atoms with E-state index in [1.165, 1.54) is 0 Å². The van der Waals surface area contributed by atoms with Gasteiger partial charge in [0, 0.05) is 13.6 Å². The summed E-state index contributed by atoms with van der Waals surface area (Å²) >= 11 is 12.0. The van der Waals surface area contributed by atoms with Gasteiger partial charge in [0.1, 0.15) is 6.04 Å². The molecule has 0 saturated carbocycles. The Kier molecular flexibility index (Phi) is 7.06. The quantitative estimate of drug-likeness (QED) is 0.806. The van der Waals surface area contributed by atoms with E-state index in [-0.39, 0.29) is 24.8 Å². The van der Waals surface area contributed by atoms with Gasteiger partial charge in [-0.15, -0.1) is 0 Å². The van der Waals surface area contributed by atoms with Crippen LogP contribution >= 0.6 is 23.2 Å². The third-order valence-corrected chi connectivity index (χ3v) is 4.97. The smallest absolute Gasteiger partial charge is 0.242 e. The molecule has 0 heterocycles. The molecule has 4 nitrogen and oxygen atoms in total. The van der Waals surface area contributed by atoms with E-state index >= 15 is 0 Å². The first-order valence-corrected chi connectivity index (χ1v) is 9.08. The van der Waals surface area contributed by atoms with Gasteiger partial charge in [-0.3, -0.25) is 9.59 Å². The summed E-state index contributed by atoms with van der Waals surface area (Å²) < 4.78 is 0. The Morgan fingerprint density at radius 3 is 2.23 bits per heavy atom. The zero-order valence-electron chi connectivity index (χ0n) is 15.1. The van der Waals surface area contributed by atoms with Crippen molar-refractivity contribution in [3.8, 4) is 0 Å². The summed E-state index contributed by atoms with van der Waals surface area (Å²) in [5.74, 6) is -0.349. The number of likely N-dealkylation sites (N-methyl/N-ethyl adjacent to an activating group) is 1. The maximum absolute atomic E-state index is 12.9. The second kappa shape index (κ2) is 9.06. The van der Waals surface area contributed by atoms with Crippen molar-refractivity contribution in [1.82, 2.24) is 10.2 Å². The van der Waals surface area contributed by atoms with Crippen LogP contribution in [0.2, 0.25) is 10.0 Å². The van der Waals surface area contributed by atoms with Crippen LogP contribution in [0.5, 0.6) is 0 Å². The normalized spacial score (nSPS) is 11.7. The highest BCUT2D eigenvalue weighted by Crippen LogP contribution is 2.24. The Morgan fingerprint density at radius 1 is 1.04 bits per heavy atom. The molecule has 6 heteroatoms. The fraction of sp³-hybridized carbons (Fsp3) is 0.300. The van der Waals surface area contributed by atoms with Crippen LogP contribution in [0.25, 0.3) is 0 Å². The molecule has 1 N–H and O–H groups in total. The third-order valence-electron chi connectivity index (χ3n) is 4.23. The average Bonchev–Trinajstić information content (AvgIpc) is 2.63. The number of nitrogens with zero attached hydrogens (tertiary/aromatic N) is 1. The second-order valence-electron chi connectivity index (χ2n) is 6.22. The van der Waals surface area contributed by atoms with E-state index in [0.717, 1.165) is 16.7 Å². The van der Waals surface area contributed by atoms with Gasteiger partial charge < -0.3 is 10.2 Å². The highest BCUT2D eigenvalue weighted by Gasteiger charge is 2.25. The highest BCUT2D eigenvalue weighted by molar-refractivity contribution is 6.42. The molecule has 26 heavy (non-hydrogen) atoms. The molecule has 0 bridgehead atoms. The molecular formula is C20H22Cl2N2O2. The van der Waals surface area contributed by atoms with Crippen molar-refractivity contribution in [3.05, 3.63) is 69.2 Å². The number of amides is 2. The topological polar surface area (TPSA) is 49.4 Å². The van der Waals surface area contributed by atoms with Crippen LogP contribution in [0, 0.1) is 6.92 Å². The molecule has 0 aliphatic rings. The van der Waals surface area contributed by atoms with Gasteiger partial charge in [0.25, 0.3) is 0 Å². The predicted octanol–water partition coefficient (Wildman–Crippen LogP) is 4.01. The van der Waals surface area contributed by atoms with E-state index in [1.807, 2.05) is 31.2 Å². The molecule has 138 valence electrons. The number of benzene rings is 2. The summed E-state index contributed by atoms with van der Waals surface area (Å²) in [6.07, 6.45) is 0.225. The van der Waals surface area contributed by atoms with Gasteiger partial charge in [-0.1, -0.05) is 59.1 Å². The first-order valence-electron chi connectivity index (χ1n) is 8.32. The van der Waals surface area contributed by atoms with Gasteiger partial charge in [-0.2, -0.15) is 0 Å². The van der Waals surface area contributed by atoms with Crippen LogP contribution < -0.4 is 5.32 Å². The molecule has 0 radical (unpaired) electrons. The summed E-state index contributed by atoms with van der Waals surface area (Å²) in [4.78, 5) is 26.6. The Labute approximate surface area is 164 Å². The minimum atomic E-state index is -0.604. The summed E-state index contributed by atoms with van der Waals surface area (Å²) in [5, 5.41) is 3.47. The van der Waals surface area contributed by atoms with E-state index in [4.69, 9.17) is 23.2 Å². The molecule has 0 aromatic heterocycles. The number of carbonyl (C=O) groups excluding carboxylic acids is 2. The molecular weight excluding hydrogens is 371 g/mol. The Balaban J connectivity index is 2.24. The number of halogens is 2. The van der Waals surface area contributed by atoms with E-state index in [1.54, 1.807) is 37.1 Å². The van der Waals surface area contributed by atoms with E-state index in [9.17, 15) is 9.59 Å². The third kappa shape index (κ3) is 5.23. The zero-order valence-corrected chi connectivity index (χ0v) is 16.6. The lowest BCUT2D eigenvalue weighted by molar-refractivity contribution is -0.139. The number of hydrogen-bond acceptors (Lipinski definition) is 2. The number of aryl methyl sites for hydroxylation is 1. The standard InChI is InChI=1S/C20H22Cl2N2O2/c1-13-4-6-15(7-5-13)11-19(25)24(14(2)20(26)23-3)12-16-8-9-17(21)18(22)10-16/h4-10,14H,11-12H2,1-3H3,(H,23,26)/t14-/m1/s1. The molecule has 0 fully saturated rings. The second-order valence-corrected chi connectivity index (χ2v) is 7.04. The lowest BCUT2D eigenvalue weighted by Crippen LogP contribution is -2.47. The van der Waals surface area contributed by atoms with Crippen molar-refractivity contribution in [3.63, 3.8) is 0 Å². The molecule has 0 spiro atoms. The summed E-state index contributed by atoms with van der Waals surface area (Å²) in [5.41, 5.74) is 2.85. The maximum Gasteiger partial charge on any atom is 0.242 e. The van der Waals surface area contributed by atoms with E-state index in [2.05, 4.69) is 5.32 Å². The van der Waals surface area contributed by atoms with Gasteiger partial charge in [0.05, 0.1) is 16.5 Å². The fourth-order valence-electron chi connectivity index (χ4n) is 2.61. The van der Waals surface area contributed by atoms with Gasteiger partial charge >= 0.3 is 0 Å². The van der Waals surface area contributed by atoms with Crippen LogP contribution in [-0.2, 0) is 22.6 Å². The predicted molar refractivity (Wildman–Crippen MR) is 105 cm³/mol. The largest absolute Gasteiger partial charge is 0.357 e. The molecule has 2 aromatic rings. The number of nitrogens with one attached hydrogen (secondary N) is 1. The highest BCUT2D eigenvalue weighted by atomic mass is 35.5.